The maximum absolute atomic E-state index is 14.3. The lowest BCUT2D eigenvalue weighted by molar-refractivity contribution is -0.133. The molecule has 2 saturated heterocycles. The summed E-state index contributed by atoms with van der Waals surface area (Å²) in [5, 5.41) is 1.07. The molecule has 3 aliphatic rings. The van der Waals surface area contributed by atoms with Crippen molar-refractivity contribution in [2.45, 2.75) is 31.3 Å². The molecule has 2 amide bonds. The Morgan fingerprint density at radius 1 is 0.953 bits per heavy atom. The Bertz CT molecular complexity index is 1680. The largest absolute Gasteiger partial charge is 0.464 e. The zero-order chi connectivity index (χ0) is 29.4. The minimum atomic E-state index is -0.733. The Morgan fingerprint density at radius 2 is 1.70 bits per heavy atom. The van der Waals surface area contributed by atoms with Gasteiger partial charge in [-0.1, -0.05) is 67.2 Å². The van der Waals surface area contributed by atoms with Crippen LogP contribution >= 0.6 is 0 Å². The fraction of sp³-hybridized carbons (Fsp3) is 0.306. The summed E-state index contributed by atoms with van der Waals surface area (Å²) in [7, 11) is 0. The Morgan fingerprint density at radius 3 is 2.47 bits per heavy atom. The Balaban J connectivity index is 1.14. The van der Waals surface area contributed by atoms with Gasteiger partial charge in [0.1, 0.15) is 17.0 Å². The Labute approximate surface area is 252 Å². The molecule has 0 aliphatic carbocycles. The van der Waals surface area contributed by atoms with E-state index in [2.05, 4.69) is 72.1 Å². The highest BCUT2D eigenvalue weighted by Gasteiger charge is 2.50. The van der Waals surface area contributed by atoms with Crippen LogP contribution in [0.1, 0.15) is 30.4 Å². The van der Waals surface area contributed by atoms with Crippen molar-refractivity contribution in [2.24, 2.45) is 10.9 Å². The normalized spacial score (nSPS) is 20.2. The number of benzene rings is 3. The molecule has 7 rings (SSSR count). The molecule has 1 atom stereocenters. The lowest BCUT2D eigenvalue weighted by atomic mass is 9.87. The summed E-state index contributed by atoms with van der Waals surface area (Å²) in [6.45, 7) is 8.07. The van der Waals surface area contributed by atoms with Gasteiger partial charge in [-0.25, -0.2) is 0 Å². The Kier molecular flexibility index (Phi) is 7.19. The molecular weight excluding hydrogens is 536 g/mol. The quantitative estimate of drug-likeness (QED) is 0.264. The molecule has 3 aromatic carbocycles. The summed E-state index contributed by atoms with van der Waals surface area (Å²) >= 11 is 0. The third-order valence-electron chi connectivity index (χ3n) is 9.29. The van der Waals surface area contributed by atoms with Crippen molar-refractivity contribution < 1.29 is 14.0 Å². The molecule has 2 fully saturated rings. The number of carbonyl (C=O) groups excluding carboxylic acids is 2. The zero-order valence-corrected chi connectivity index (χ0v) is 24.3. The maximum atomic E-state index is 14.3. The first kappa shape index (κ1) is 27.3. The molecule has 1 spiro atoms. The minimum absolute atomic E-state index is 0.0457. The van der Waals surface area contributed by atoms with Crippen LogP contribution in [0.2, 0.25) is 0 Å². The lowest BCUT2D eigenvalue weighted by Crippen LogP contribution is -2.50. The van der Waals surface area contributed by atoms with Crippen LogP contribution in [0.4, 0.5) is 0 Å². The van der Waals surface area contributed by atoms with Crippen molar-refractivity contribution in [2.75, 3.05) is 32.7 Å². The van der Waals surface area contributed by atoms with Crippen molar-refractivity contribution in [3.05, 3.63) is 109 Å². The van der Waals surface area contributed by atoms with Gasteiger partial charge in [0.25, 0.3) is 5.91 Å². The monoisotopic (exact) mass is 572 g/mol. The lowest BCUT2D eigenvalue weighted by Gasteiger charge is -2.36. The number of nitrogens with zero attached hydrogens (tertiary/aromatic N) is 4. The molecule has 7 nitrogen and oxygen atoms in total. The molecule has 4 aromatic rings. The van der Waals surface area contributed by atoms with E-state index in [9.17, 15) is 9.59 Å². The fourth-order valence-electron chi connectivity index (χ4n) is 6.82. The average molecular weight is 573 g/mol. The van der Waals surface area contributed by atoms with Crippen molar-refractivity contribution in [3.8, 4) is 11.1 Å². The number of rotatable bonds is 7. The second kappa shape index (κ2) is 11.3. The first-order valence-electron chi connectivity index (χ1n) is 15.2. The van der Waals surface area contributed by atoms with Gasteiger partial charge in [-0.3, -0.25) is 24.4 Å². The average Bonchev–Trinajstić information content (AvgIpc) is 3.78. The standard InChI is InChI=1S/C36H36N4O3/c1-2-33(41)39-18-14-27(24-39)25-40-34(29-10-8-28(9-11-29)30-12-13-32-31(22-30)15-21-43-32)37-36(35(40)42)16-19-38(20-17-36)23-26-6-4-3-5-7-26/h2-13,15,21-22,27H,1,14,16-20,23-25H2. The van der Waals surface area contributed by atoms with Crippen LogP contribution in [0.15, 0.2) is 107 Å². The number of amidine groups is 1. The first-order valence-corrected chi connectivity index (χ1v) is 15.2. The molecule has 3 aliphatic heterocycles. The topological polar surface area (TPSA) is 69.4 Å². The van der Waals surface area contributed by atoms with E-state index < -0.39 is 5.54 Å². The summed E-state index contributed by atoms with van der Waals surface area (Å²) < 4.78 is 5.51. The minimum Gasteiger partial charge on any atom is -0.464 e. The number of furan rings is 1. The van der Waals surface area contributed by atoms with Crippen molar-refractivity contribution in [1.82, 2.24) is 14.7 Å². The summed E-state index contributed by atoms with van der Waals surface area (Å²) in [5.74, 6) is 1.01. The predicted molar refractivity (Wildman–Crippen MR) is 168 cm³/mol. The van der Waals surface area contributed by atoms with Gasteiger partial charge in [0.05, 0.1) is 6.26 Å². The highest BCUT2D eigenvalue weighted by molar-refractivity contribution is 6.15. The SMILES string of the molecule is C=CC(=O)N1CCC(CN2C(=O)C3(CCN(Cc4ccccc4)CC3)N=C2c2ccc(-c3ccc4occc4c3)cc2)C1. The van der Waals surface area contributed by atoms with E-state index in [1.807, 2.05) is 28.0 Å². The smallest absolute Gasteiger partial charge is 0.256 e. The Hall–Kier alpha value is -4.49. The summed E-state index contributed by atoms with van der Waals surface area (Å²) in [6, 6.07) is 27.0. The predicted octanol–water partition coefficient (Wildman–Crippen LogP) is 5.76. The van der Waals surface area contributed by atoms with Gasteiger partial charge in [0.2, 0.25) is 5.91 Å². The molecule has 4 heterocycles. The summed E-state index contributed by atoms with van der Waals surface area (Å²) in [4.78, 5) is 38.0. The maximum Gasteiger partial charge on any atom is 0.256 e. The van der Waals surface area contributed by atoms with Crippen LogP contribution < -0.4 is 0 Å². The molecule has 0 bridgehead atoms. The number of hydrogen-bond donors (Lipinski definition) is 0. The molecule has 43 heavy (non-hydrogen) atoms. The number of likely N-dealkylation sites (tertiary alicyclic amines) is 2. The van der Waals surface area contributed by atoms with E-state index in [4.69, 9.17) is 9.41 Å². The van der Waals surface area contributed by atoms with E-state index in [0.717, 1.165) is 59.6 Å². The van der Waals surface area contributed by atoms with Crippen LogP contribution in [-0.2, 0) is 16.1 Å². The molecule has 1 unspecified atom stereocenters. The number of amides is 2. The first-order chi connectivity index (χ1) is 21.0. The highest BCUT2D eigenvalue weighted by atomic mass is 16.3. The van der Waals surface area contributed by atoms with E-state index in [0.29, 0.717) is 32.5 Å². The third-order valence-corrected chi connectivity index (χ3v) is 9.29. The molecule has 7 heteroatoms. The molecule has 0 saturated carbocycles. The van der Waals surface area contributed by atoms with Crippen molar-refractivity contribution in [1.29, 1.82) is 0 Å². The number of piperidine rings is 1. The third kappa shape index (κ3) is 5.30. The van der Waals surface area contributed by atoms with E-state index in [-0.39, 0.29) is 17.7 Å². The molecule has 0 radical (unpaired) electrons. The van der Waals surface area contributed by atoms with Crippen LogP contribution in [-0.4, -0.2) is 70.6 Å². The number of carbonyl (C=O) groups is 2. The molecular formula is C36H36N4O3. The zero-order valence-electron chi connectivity index (χ0n) is 24.3. The van der Waals surface area contributed by atoms with Crippen molar-refractivity contribution >= 4 is 28.6 Å². The number of aliphatic imine (C=N–C) groups is 1. The van der Waals surface area contributed by atoms with Gasteiger partial charge in [-0.15, -0.1) is 0 Å². The van der Waals surface area contributed by atoms with Crippen LogP contribution in [0, 0.1) is 5.92 Å². The number of hydrogen-bond acceptors (Lipinski definition) is 5. The molecule has 1 aromatic heterocycles. The van der Waals surface area contributed by atoms with Gasteiger partial charge in [-0.05, 0) is 66.1 Å². The van der Waals surface area contributed by atoms with Gasteiger partial charge in [0, 0.05) is 50.2 Å². The van der Waals surface area contributed by atoms with Gasteiger partial charge < -0.3 is 9.32 Å². The van der Waals surface area contributed by atoms with Gasteiger partial charge in [0.15, 0.2) is 0 Å². The van der Waals surface area contributed by atoms with E-state index in [1.165, 1.54) is 11.6 Å². The fourth-order valence-corrected chi connectivity index (χ4v) is 6.82. The summed E-state index contributed by atoms with van der Waals surface area (Å²) in [5.41, 5.74) is 4.58. The van der Waals surface area contributed by atoms with Crippen LogP contribution in [0.25, 0.3) is 22.1 Å². The summed E-state index contributed by atoms with van der Waals surface area (Å²) in [6.07, 6.45) is 5.35. The van der Waals surface area contributed by atoms with E-state index in [1.54, 1.807) is 6.26 Å². The second-order valence-corrected chi connectivity index (χ2v) is 12.0. The van der Waals surface area contributed by atoms with Gasteiger partial charge in [-0.2, -0.15) is 0 Å². The van der Waals surface area contributed by atoms with Crippen molar-refractivity contribution in [3.63, 3.8) is 0 Å². The molecule has 0 N–H and O–H groups in total. The number of fused-ring (bicyclic) bond motifs is 1. The van der Waals surface area contributed by atoms with Crippen LogP contribution in [0.3, 0.4) is 0 Å². The molecule has 218 valence electrons. The van der Waals surface area contributed by atoms with E-state index >= 15 is 0 Å². The highest BCUT2D eigenvalue weighted by Crippen LogP contribution is 2.37. The van der Waals surface area contributed by atoms with Gasteiger partial charge >= 0.3 is 0 Å². The van der Waals surface area contributed by atoms with Crippen LogP contribution in [0.5, 0.6) is 0 Å². The second-order valence-electron chi connectivity index (χ2n) is 12.0.